The van der Waals surface area contributed by atoms with Crippen LogP contribution in [0.3, 0.4) is 0 Å². The number of fused-ring (bicyclic) bond motifs is 6. The number of aromatic amines is 3. The highest BCUT2D eigenvalue weighted by Crippen LogP contribution is 2.31. The largest absolute Gasteiger partial charge is 0.343 e. The molecule has 95 heavy (non-hydrogen) atoms. The number of amides is 4. The zero-order chi connectivity index (χ0) is 66.0. The van der Waals surface area contributed by atoms with Gasteiger partial charge in [-0.3, -0.25) is 19.3 Å². The van der Waals surface area contributed by atoms with Crippen LogP contribution >= 0.6 is 0 Å². The number of imidazole rings is 1. The highest BCUT2D eigenvalue weighted by atomic mass is 16.2. The number of urea groups is 2. The second-order valence-corrected chi connectivity index (χ2v) is 27.0. The topological polar surface area (TPSA) is 215 Å². The van der Waals surface area contributed by atoms with Crippen molar-refractivity contribution in [2.24, 2.45) is 0 Å². The Morgan fingerprint density at radius 1 is 0.453 bits per heavy atom. The third kappa shape index (κ3) is 16.2. The monoisotopic (exact) mass is 1290 g/mol. The molecule has 5 aromatic carbocycles. The third-order valence-electron chi connectivity index (χ3n) is 20.4. The molecular weight excluding hydrogens is 1190 g/mol. The summed E-state index contributed by atoms with van der Waals surface area (Å²) in [6.07, 6.45) is 13.2. The summed E-state index contributed by atoms with van der Waals surface area (Å²) in [5, 5.41) is 12.6. The van der Waals surface area contributed by atoms with E-state index in [2.05, 4.69) is 120 Å². The number of piperidine rings is 5. The Balaban J connectivity index is 0.000000114. The van der Waals surface area contributed by atoms with Gasteiger partial charge in [0.1, 0.15) is 0 Å². The summed E-state index contributed by atoms with van der Waals surface area (Å²) in [6, 6.07) is 45.3. The SMILES string of the molecule is CN1CCC(N2CCc3ccccc3NC2=O)CC1.CN1CCC(N2Cc3ccccc3NC2=O)CC1.CN1CCC(c2cc3ccccc3[nH]c2=O)CC1.CN1CCC(n2c(=O)[nH]c3c4ccccc4ncc32)CC1.CN1CCC(n2nc(-c3ccccc3)[nH]c2=O)CC1. The van der Waals surface area contributed by atoms with Crippen LogP contribution in [0.5, 0.6) is 0 Å². The molecule has 16 rings (SSSR count). The van der Waals surface area contributed by atoms with Gasteiger partial charge in [-0.15, -0.1) is 5.10 Å². The lowest BCUT2D eigenvalue weighted by atomic mass is 9.90. The van der Waals surface area contributed by atoms with Gasteiger partial charge in [0.2, 0.25) is 0 Å². The molecule has 0 saturated carbocycles. The average molecular weight is 1290 g/mol. The number of likely N-dealkylation sites (tertiary alicyclic amines) is 5. The van der Waals surface area contributed by atoms with E-state index in [1.165, 1.54) is 11.1 Å². The van der Waals surface area contributed by atoms with Gasteiger partial charge in [-0.1, -0.05) is 103 Å². The molecule has 5 N–H and O–H groups in total. The van der Waals surface area contributed by atoms with Crippen LogP contribution in [0.4, 0.5) is 21.0 Å². The van der Waals surface area contributed by atoms with Crippen molar-refractivity contribution >= 4 is 56.3 Å². The molecule has 4 aromatic heterocycles. The number of carbonyl (C=O) groups is 2. The maximum atomic E-state index is 12.4. The van der Waals surface area contributed by atoms with Crippen molar-refractivity contribution in [3.05, 3.63) is 188 Å². The second kappa shape index (κ2) is 30.8. The number of pyridine rings is 2. The van der Waals surface area contributed by atoms with Crippen LogP contribution in [0.25, 0.3) is 44.2 Å². The number of carbonyl (C=O) groups excluding carboxylic acids is 2. The summed E-state index contributed by atoms with van der Waals surface area (Å²) in [5.41, 5.74) is 9.96. The Hall–Kier alpha value is -8.73. The highest BCUT2D eigenvalue weighted by Gasteiger charge is 2.32. The molecule has 5 saturated heterocycles. The maximum absolute atomic E-state index is 12.4. The molecule has 21 heteroatoms. The highest BCUT2D eigenvalue weighted by molar-refractivity contribution is 6.01. The van der Waals surface area contributed by atoms with Crippen LogP contribution in [0.1, 0.15) is 98.9 Å². The lowest BCUT2D eigenvalue weighted by Crippen LogP contribution is -2.49. The maximum Gasteiger partial charge on any atom is 0.343 e. The number of anilines is 2. The first-order chi connectivity index (χ1) is 46.2. The van der Waals surface area contributed by atoms with E-state index in [0.29, 0.717) is 23.8 Å². The van der Waals surface area contributed by atoms with Gasteiger partial charge in [-0.25, -0.2) is 23.9 Å². The lowest BCUT2D eigenvalue weighted by Gasteiger charge is -2.39. The predicted octanol–water partition coefficient (Wildman–Crippen LogP) is 10.3. The fraction of sp³-hybridized carbons (Fsp3) is 0.446. The van der Waals surface area contributed by atoms with E-state index < -0.39 is 0 Å². The van der Waals surface area contributed by atoms with Crippen LogP contribution < -0.4 is 27.6 Å². The quantitative estimate of drug-likeness (QED) is 0.105. The van der Waals surface area contributed by atoms with Crippen LogP contribution in [0.2, 0.25) is 0 Å². The Kier molecular flexibility index (Phi) is 21.5. The van der Waals surface area contributed by atoms with Gasteiger partial charge >= 0.3 is 23.4 Å². The first-order valence-electron chi connectivity index (χ1n) is 34.3. The van der Waals surface area contributed by atoms with Gasteiger partial charge in [0.05, 0.1) is 28.8 Å². The minimum absolute atomic E-state index is 0.0160. The average Bonchev–Trinajstić information content (AvgIpc) is 1.63. The molecule has 4 amide bonds. The fourth-order valence-electron chi connectivity index (χ4n) is 14.5. The van der Waals surface area contributed by atoms with E-state index >= 15 is 0 Å². The number of hydrogen-bond acceptors (Lipinski definition) is 12. The number of benzene rings is 5. The zero-order valence-electron chi connectivity index (χ0n) is 55.9. The van der Waals surface area contributed by atoms with Gasteiger partial charge in [0, 0.05) is 64.6 Å². The van der Waals surface area contributed by atoms with Gasteiger partial charge < -0.3 is 54.9 Å². The Labute approximate surface area is 556 Å². The second-order valence-electron chi connectivity index (χ2n) is 27.0. The van der Waals surface area contributed by atoms with Crippen molar-refractivity contribution in [1.82, 2.24) is 68.6 Å². The van der Waals surface area contributed by atoms with E-state index in [1.807, 2.05) is 130 Å². The van der Waals surface area contributed by atoms with Gasteiger partial charge in [0.15, 0.2) is 5.82 Å². The smallest absolute Gasteiger partial charge is 0.322 e. The molecule has 7 aliphatic rings. The molecule has 9 aromatic rings. The molecule has 0 aliphatic carbocycles. The minimum Gasteiger partial charge on any atom is -0.322 e. The van der Waals surface area contributed by atoms with Gasteiger partial charge in [-0.2, -0.15) is 0 Å². The fourth-order valence-corrected chi connectivity index (χ4v) is 14.5. The number of H-pyrrole nitrogens is 3. The van der Waals surface area contributed by atoms with Gasteiger partial charge in [-0.05, 0) is 224 Å². The number of aromatic nitrogens is 7. The Bertz CT molecular complexity index is 4210. The van der Waals surface area contributed by atoms with Crippen LogP contribution in [-0.4, -0.2) is 200 Å². The molecule has 500 valence electrons. The minimum atomic E-state index is -0.103. The summed E-state index contributed by atoms with van der Waals surface area (Å²) >= 11 is 0. The molecular formula is C74H94N16O5. The number of para-hydroxylation sites is 4. The molecule has 21 nitrogen and oxygen atoms in total. The molecule has 0 unspecified atom stereocenters. The molecule has 0 atom stereocenters. The summed E-state index contributed by atoms with van der Waals surface area (Å²) in [6.45, 7) is 12.2. The zero-order valence-corrected chi connectivity index (χ0v) is 55.9. The van der Waals surface area contributed by atoms with Crippen molar-refractivity contribution in [1.29, 1.82) is 0 Å². The van der Waals surface area contributed by atoms with E-state index in [4.69, 9.17) is 0 Å². The lowest BCUT2D eigenvalue weighted by molar-refractivity contribution is 0.133. The normalized spacial score (nSPS) is 19.4. The standard InChI is InChI=1S/C16H18N4O.C15H21N3O.C15H18N2O.C14H18N4O.C14H19N3O/c1-19-8-6-11(7-9-19)20-14-10-17-13-5-3-2-4-12(13)15(14)18-16(20)21;1-17-9-7-13(8-10-17)18-11-6-12-4-2-3-5-14(12)16-15(18)19;1-17-8-6-11(7-9-17)13-10-12-4-2-3-5-14(12)16-15(13)18;1-17-9-7-12(8-10-17)18-14(19)15-13(16-18)11-5-3-2-4-6-11;1-16-8-6-12(7-9-16)17-10-11-4-2-3-5-13(11)15-14(17)18/h2-5,10-11H,6-9H2,1H3,(H,18,21);2-5,13H,6-11H2,1H3,(H,16,19);2-5,10-11H,6-9H2,1H3,(H,16,18);2-6,12H,7-10H2,1H3,(H,15,16,19);2-5,12H,6-10H2,1H3,(H,15,18). The van der Waals surface area contributed by atoms with Crippen LogP contribution in [-0.2, 0) is 13.0 Å². The van der Waals surface area contributed by atoms with Crippen LogP contribution in [0, 0.1) is 0 Å². The summed E-state index contributed by atoms with van der Waals surface area (Å²) in [5.74, 6) is 1.07. The number of hydrogen-bond donors (Lipinski definition) is 5. The van der Waals surface area contributed by atoms with E-state index in [9.17, 15) is 24.0 Å². The van der Waals surface area contributed by atoms with E-state index in [0.717, 1.165) is 205 Å². The molecule has 11 heterocycles. The first-order valence-corrected chi connectivity index (χ1v) is 34.3. The molecule has 0 radical (unpaired) electrons. The van der Waals surface area contributed by atoms with Crippen LogP contribution in [0.15, 0.2) is 154 Å². The number of nitrogens with zero attached hydrogens (tertiary/aromatic N) is 11. The Morgan fingerprint density at radius 2 is 0.958 bits per heavy atom. The first kappa shape index (κ1) is 66.3. The number of rotatable bonds is 6. The molecule has 0 spiro atoms. The van der Waals surface area contributed by atoms with Crippen molar-refractivity contribution in [2.45, 2.75) is 107 Å². The van der Waals surface area contributed by atoms with Crippen molar-refractivity contribution < 1.29 is 9.59 Å². The third-order valence-corrected chi connectivity index (χ3v) is 20.4. The molecule has 0 bridgehead atoms. The van der Waals surface area contributed by atoms with Crippen molar-refractivity contribution in [3.8, 4) is 11.4 Å². The predicted molar refractivity (Wildman–Crippen MR) is 380 cm³/mol. The van der Waals surface area contributed by atoms with Crippen molar-refractivity contribution in [2.75, 3.05) is 118 Å². The van der Waals surface area contributed by atoms with Crippen molar-refractivity contribution in [3.63, 3.8) is 0 Å². The van der Waals surface area contributed by atoms with E-state index in [-0.39, 0.29) is 41.1 Å². The van der Waals surface area contributed by atoms with E-state index in [1.54, 1.807) is 4.68 Å². The number of nitrogens with one attached hydrogen (secondary N) is 5. The molecule has 7 aliphatic heterocycles. The summed E-state index contributed by atoms with van der Waals surface area (Å²) in [4.78, 5) is 90.1. The Morgan fingerprint density at radius 3 is 1.60 bits per heavy atom. The summed E-state index contributed by atoms with van der Waals surface area (Å²) < 4.78 is 3.52. The molecule has 5 fully saturated rings. The summed E-state index contributed by atoms with van der Waals surface area (Å²) in [7, 11) is 10.7. The van der Waals surface area contributed by atoms with Gasteiger partial charge in [0.25, 0.3) is 5.56 Å².